The highest BCUT2D eigenvalue weighted by molar-refractivity contribution is 5.82. The Hall–Kier alpha value is -1.50. The van der Waals surface area contributed by atoms with E-state index >= 15 is 0 Å². The number of pyridine rings is 1. The van der Waals surface area contributed by atoms with E-state index < -0.39 is 0 Å². The molecule has 2 saturated heterocycles. The van der Waals surface area contributed by atoms with E-state index in [1.165, 1.54) is 13.0 Å². The lowest BCUT2D eigenvalue weighted by atomic mass is 10.0. The molecular formula is C19H31N5O. The minimum Gasteiger partial charge on any atom is -0.351 e. The van der Waals surface area contributed by atoms with Crippen LogP contribution in [0, 0.1) is 0 Å². The Bertz CT molecular complexity index is 544. The summed E-state index contributed by atoms with van der Waals surface area (Å²) in [6.45, 7) is 7.04. The fourth-order valence-electron chi connectivity index (χ4n) is 4.16. The van der Waals surface area contributed by atoms with Gasteiger partial charge in [-0.15, -0.1) is 0 Å². The minimum atomic E-state index is -0.0885. The van der Waals surface area contributed by atoms with E-state index in [4.69, 9.17) is 5.73 Å². The Labute approximate surface area is 150 Å². The summed E-state index contributed by atoms with van der Waals surface area (Å²) in [5.41, 5.74) is 7.23. The second kappa shape index (κ2) is 8.74. The van der Waals surface area contributed by atoms with Crippen LogP contribution in [0.1, 0.15) is 38.2 Å². The highest BCUT2D eigenvalue weighted by atomic mass is 16.2. The first kappa shape index (κ1) is 18.3. The molecule has 3 rings (SSSR count). The number of nitrogens with two attached hydrogens (primary N) is 1. The van der Waals surface area contributed by atoms with Crippen molar-refractivity contribution in [1.29, 1.82) is 0 Å². The molecule has 25 heavy (non-hydrogen) atoms. The van der Waals surface area contributed by atoms with Crippen LogP contribution in [0.3, 0.4) is 0 Å². The first-order valence-corrected chi connectivity index (χ1v) is 9.57. The van der Waals surface area contributed by atoms with Gasteiger partial charge in [0.1, 0.15) is 0 Å². The zero-order chi connectivity index (χ0) is 17.6. The lowest BCUT2D eigenvalue weighted by Gasteiger charge is -2.38. The number of hydrogen-bond acceptors (Lipinski definition) is 5. The van der Waals surface area contributed by atoms with Gasteiger partial charge in [-0.05, 0) is 56.9 Å². The molecule has 0 spiro atoms. The Morgan fingerprint density at radius 3 is 2.88 bits per heavy atom. The topological polar surface area (TPSA) is 74.5 Å². The quantitative estimate of drug-likeness (QED) is 0.804. The second-order valence-electron chi connectivity index (χ2n) is 7.36. The second-order valence-corrected chi connectivity index (χ2v) is 7.36. The zero-order valence-electron chi connectivity index (χ0n) is 15.2. The molecule has 3 N–H and O–H groups in total. The van der Waals surface area contributed by atoms with Crippen molar-refractivity contribution in [2.75, 3.05) is 26.2 Å². The van der Waals surface area contributed by atoms with Crippen LogP contribution >= 0.6 is 0 Å². The zero-order valence-corrected chi connectivity index (χ0v) is 15.2. The lowest BCUT2D eigenvalue weighted by Crippen LogP contribution is -2.51. The molecule has 1 aromatic rings. The van der Waals surface area contributed by atoms with Gasteiger partial charge in [0.15, 0.2) is 0 Å². The third-order valence-corrected chi connectivity index (χ3v) is 5.43. The maximum Gasteiger partial charge on any atom is 0.237 e. The van der Waals surface area contributed by atoms with Gasteiger partial charge in [0, 0.05) is 37.6 Å². The van der Waals surface area contributed by atoms with Gasteiger partial charge in [0.25, 0.3) is 0 Å². The van der Waals surface area contributed by atoms with Gasteiger partial charge in [-0.3, -0.25) is 14.7 Å². The Kier molecular flexibility index (Phi) is 6.39. The fraction of sp³-hybridized carbons (Fsp3) is 0.684. The highest BCUT2D eigenvalue weighted by Gasteiger charge is 2.39. The van der Waals surface area contributed by atoms with Crippen LogP contribution in [0.25, 0.3) is 0 Å². The number of likely N-dealkylation sites (tertiary alicyclic amines) is 2. The molecule has 0 radical (unpaired) electrons. The van der Waals surface area contributed by atoms with Crippen molar-refractivity contribution in [1.82, 2.24) is 20.1 Å². The molecule has 1 aromatic heterocycles. The summed E-state index contributed by atoms with van der Waals surface area (Å²) in [6.07, 6.45) is 7.78. The molecule has 0 saturated carbocycles. The largest absolute Gasteiger partial charge is 0.351 e. The van der Waals surface area contributed by atoms with Gasteiger partial charge in [-0.2, -0.15) is 0 Å². The molecule has 138 valence electrons. The molecule has 2 fully saturated rings. The van der Waals surface area contributed by atoms with Crippen LogP contribution in [0.15, 0.2) is 24.5 Å². The van der Waals surface area contributed by atoms with Crippen molar-refractivity contribution in [3.05, 3.63) is 30.1 Å². The van der Waals surface area contributed by atoms with Gasteiger partial charge in [-0.25, -0.2) is 0 Å². The average molecular weight is 345 g/mol. The van der Waals surface area contributed by atoms with Gasteiger partial charge >= 0.3 is 0 Å². The van der Waals surface area contributed by atoms with Crippen molar-refractivity contribution in [2.24, 2.45) is 5.73 Å². The van der Waals surface area contributed by atoms with E-state index in [0.717, 1.165) is 44.5 Å². The Morgan fingerprint density at radius 2 is 2.20 bits per heavy atom. The van der Waals surface area contributed by atoms with E-state index in [1.54, 1.807) is 12.4 Å². The van der Waals surface area contributed by atoms with Gasteiger partial charge in [0.2, 0.25) is 5.91 Å². The molecule has 2 aliphatic rings. The Balaban J connectivity index is 1.55. The minimum absolute atomic E-state index is 0.0885. The number of piperidine rings is 1. The molecule has 1 amide bonds. The maximum atomic E-state index is 12.7. The summed E-state index contributed by atoms with van der Waals surface area (Å²) in [5, 5.41) is 3.07. The third-order valence-electron chi connectivity index (χ3n) is 5.43. The summed E-state index contributed by atoms with van der Waals surface area (Å²) in [6, 6.07) is 4.37. The van der Waals surface area contributed by atoms with E-state index in [0.29, 0.717) is 12.6 Å². The van der Waals surface area contributed by atoms with Gasteiger partial charge < -0.3 is 16.0 Å². The summed E-state index contributed by atoms with van der Waals surface area (Å²) in [4.78, 5) is 21.7. The highest BCUT2D eigenvalue weighted by Crippen LogP contribution is 2.26. The number of hydrogen-bond donors (Lipinski definition) is 2. The predicted octanol–water partition coefficient (Wildman–Crippen LogP) is 0.974. The smallest absolute Gasteiger partial charge is 0.237 e. The average Bonchev–Trinajstić information content (AvgIpc) is 3.03. The molecule has 3 heterocycles. The molecule has 0 bridgehead atoms. The van der Waals surface area contributed by atoms with Crippen LogP contribution in [0.4, 0.5) is 0 Å². The number of carbonyl (C=O) groups is 1. The third kappa shape index (κ3) is 4.77. The SMILES string of the molecule is CCCN1CCC(N2C[C@H](N)C[C@H]2C(=O)NCc2cccnc2)CC1. The van der Waals surface area contributed by atoms with Crippen LogP contribution in [-0.2, 0) is 11.3 Å². The van der Waals surface area contributed by atoms with Crippen molar-refractivity contribution in [2.45, 2.75) is 57.3 Å². The van der Waals surface area contributed by atoms with Gasteiger partial charge in [0.05, 0.1) is 6.04 Å². The monoisotopic (exact) mass is 345 g/mol. The standard InChI is InChI=1S/C19H31N5O/c1-2-8-23-9-5-17(6-10-23)24-14-16(20)11-18(24)19(25)22-13-15-4-3-7-21-12-15/h3-4,7,12,16-18H,2,5-6,8-11,13-14,20H2,1H3,(H,22,25)/t16-,18+/m1/s1. The lowest BCUT2D eigenvalue weighted by molar-refractivity contribution is -0.126. The van der Waals surface area contributed by atoms with Crippen LogP contribution in [0.2, 0.25) is 0 Å². The number of nitrogens with zero attached hydrogens (tertiary/aromatic N) is 3. The van der Waals surface area contributed by atoms with E-state index in [-0.39, 0.29) is 18.0 Å². The van der Waals surface area contributed by atoms with E-state index in [1.807, 2.05) is 12.1 Å². The summed E-state index contributed by atoms with van der Waals surface area (Å²) in [5.74, 6) is 0.104. The first-order valence-electron chi connectivity index (χ1n) is 9.57. The molecule has 0 unspecified atom stereocenters. The fourth-order valence-corrected chi connectivity index (χ4v) is 4.16. The molecule has 0 aromatic carbocycles. The predicted molar refractivity (Wildman–Crippen MR) is 98.9 cm³/mol. The Morgan fingerprint density at radius 1 is 1.40 bits per heavy atom. The van der Waals surface area contributed by atoms with Gasteiger partial charge in [-0.1, -0.05) is 13.0 Å². The van der Waals surface area contributed by atoms with E-state index in [2.05, 4.69) is 27.0 Å². The van der Waals surface area contributed by atoms with Crippen LogP contribution in [-0.4, -0.2) is 65.0 Å². The first-order chi connectivity index (χ1) is 12.2. The molecule has 2 atom stereocenters. The van der Waals surface area contributed by atoms with E-state index in [9.17, 15) is 4.79 Å². The molecule has 6 heteroatoms. The summed E-state index contributed by atoms with van der Waals surface area (Å²) in [7, 11) is 0. The normalized spacial score (nSPS) is 26.0. The van der Waals surface area contributed by atoms with Crippen molar-refractivity contribution < 1.29 is 4.79 Å². The maximum absolute atomic E-state index is 12.7. The van der Waals surface area contributed by atoms with Crippen molar-refractivity contribution in [3.63, 3.8) is 0 Å². The molecule has 2 aliphatic heterocycles. The molecular weight excluding hydrogens is 314 g/mol. The molecule has 6 nitrogen and oxygen atoms in total. The van der Waals surface area contributed by atoms with Crippen LogP contribution in [0.5, 0.6) is 0 Å². The van der Waals surface area contributed by atoms with Crippen molar-refractivity contribution in [3.8, 4) is 0 Å². The molecule has 0 aliphatic carbocycles. The number of rotatable bonds is 6. The van der Waals surface area contributed by atoms with Crippen molar-refractivity contribution >= 4 is 5.91 Å². The summed E-state index contributed by atoms with van der Waals surface area (Å²) >= 11 is 0. The number of aromatic nitrogens is 1. The van der Waals surface area contributed by atoms with Crippen LogP contribution < -0.4 is 11.1 Å². The summed E-state index contributed by atoms with van der Waals surface area (Å²) < 4.78 is 0. The number of carbonyl (C=O) groups excluding carboxylic acids is 1. The number of nitrogens with one attached hydrogen (secondary N) is 1. The number of amides is 1.